The molecule has 0 radical (unpaired) electrons. The number of benzene rings is 1. The highest BCUT2D eigenvalue weighted by molar-refractivity contribution is 6.31. The van der Waals surface area contributed by atoms with Crippen LogP contribution in [-0.4, -0.2) is 41.1 Å². The Morgan fingerprint density at radius 3 is 2.69 bits per heavy atom. The van der Waals surface area contributed by atoms with Gasteiger partial charge in [-0.05, 0) is 30.9 Å². The highest BCUT2D eigenvalue weighted by Gasteiger charge is 2.17. The van der Waals surface area contributed by atoms with E-state index in [2.05, 4.69) is 25.2 Å². The lowest BCUT2D eigenvalue weighted by molar-refractivity contribution is -0.120. The number of hydrogen-bond donors (Lipinski definition) is 1. The number of nitrogens with one attached hydrogen (secondary N) is 1. The number of rotatable bonds is 6. The predicted molar refractivity (Wildman–Crippen MR) is 99.4 cm³/mol. The van der Waals surface area contributed by atoms with Gasteiger partial charge in [-0.3, -0.25) is 4.79 Å². The molecule has 1 aromatic heterocycles. The lowest BCUT2D eigenvalue weighted by Crippen LogP contribution is -2.32. The van der Waals surface area contributed by atoms with Crippen LogP contribution in [0.2, 0.25) is 5.02 Å². The van der Waals surface area contributed by atoms with E-state index in [0.29, 0.717) is 16.8 Å². The first-order valence-electron chi connectivity index (χ1n) is 8.69. The molecular formula is C18H22ClN5O2. The van der Waals surface area contributed by atoms with Crippen LogP contribution in [-0.2, 0) is 17.8 Å². The Balaban J connectivity index is 1.65. The molecule has 1 aliphatic rings. The van der Waals surface area contributed by atoms with Gasteiger partial charge in [0, 0.05) is 18.1 Å². The molecule has 7 nitrogen and oxygen atoms in total. The minimum atomic E-state index is -0.142. The Hall–Kier alpha value is -2.41. The Morgan fingerprint density at radius 2 is 1.96 bits per heavy atom. The van der Waals surface area contributed by atoms with Crippen LogP contribution in [0.1, 0.15) is 30.7 Å². The zero-order valence-electron chi connectivity index (χ0n) is 14.7. The Morgan fingerprint density at radius 1 is 1.19 bits per heavy atom. The molecule has 0 atom stereocenters. The zero-order valence-corrected chi connectivity index (χ0v) is 15.5. The van der Waals surface area contributed by atoms with Gasteiger partial charge in [0.15, 0.2) is 5.82 Å². The highest BCUT2D eigenvalue weighted by Crippen LogP contribution is 2.18. The van der Waals surface area contributed by atoms with Crippen molar-refractivity contribution in [3.63, 3.8) is 0 Å². The summed E-state index contributed by atoms with van der Waals surface area (Å²) in [6.07, 6.45) is 3.68. The van der Waals surface area contributed by atoms with Crippen molar-refractivity contribution >= 4 is 23.5 Å². The molecule has 2 heterocycles. The van der Waals surface area contributed by atoms with Crippen molar-refractivity contribution in [2.24, 2.45) is 0 Å². The third kappa shape index (κ3) is 4.82. The van der Waals surface area contributed by atoms with Crippen LogP contribution in [0, 0.1) is 0 Å². The minimum Gasteiger partial charge on any atom is -0.467 e. The van der Waals surface area contributed by atoms with E-state index in [1.54, 1.807) is 6.07 Å². The fraction of sp³-hybridized carbons (Fsp3) is 0.444. The van der Waals surface area contributed by atoms with Gasteiger partial charge in [0.2, 0.25) is 11.9 Å². The van der Waals surface area contributed by atoms with Gasteiger partial charge in [0.05, 0.1) is 20.1 Å². The number of amides is 1. The van der Waals surface area contributed by atoms with Crippen LogP contribution in [0.15, 0.2) is 24.3 Å². The maximum Gasteiger partial charge on any atom is 0.321 e. The SMILES string of the molecule is COc1nc(CNC(=O)Cc2ccccc2Cl)nc(N2CCCCC2)n1. The van der Waals surface area contributed by atoms with Gasteiger partial charge in [-0.25, -0.2) is 0 Å². The topological polar surface area (TPSA) is 80.2 Å². The van der Waals surface area contributed by atoms with Crippen molar-refractivity contribution in [3.05, 3.63) is 40.7 Å². The normalized spacial score (nSPS) is 14.2. The van der Waals surface area contributed by atoms with Crippen LogP contribution in [0.5, 0.6) is 6.01 Å². The molecule has 1 aromatic carbocycles. The number of nitrogens with zero attached hydrogens (tertiary/aromatic N) is 4. The molecule has 2 aromatic rings. The number of methoxy groups -OCH3 is 1. The van der Waals surface area contributed by atoms with Gasteiger partial charge in [-0.1, -0.05) is 29.8 Å². The summed E-state index contributed by atoms with van der Waals surface area (Å²) in [5.41, 5.74) is 0.786. The summed E-state index contributed by atoms with van der Waals surface area (Å²) in [4.78, 5) is 27.4. The first kappa shape index (κ1) is 18.4. The van der Waals surface area contributed by atoms with E-state index < -0.39 is 0 Å². The Bertz CT molecular complexity index is 765. The summed E-state index contributed by atoms with van der Waals surface area (Å²) in [7, 11) is 1.52. The van der Waals surface area contributed by atoms with E-state index in [4.69, 9.17) is 16.3 Å². The molecule has 0 aliphatic carbocycles. The minimum absolute atomic E-state index is 0.142. The molecule has 1 amide bonds. The van der Waals surface area contributed by atoms with Crippen LogP contribution in [0.3, 0.4) is 0 Å². The van der Waals surface area contributed by atoms with Crippen LogP contribution in [0.25, 0.3) is 0 Å². The molecule has 3 rings (SSSR count). The van der Waals surface area contributed by atoms with Crippen molar-refractivity contribution in [2.75, 3.05) is 25.1 Å². The van der Waals surface area contributed by atoms with Gasteiger partial charge in [0.25, 0.3) is 0 Å². The van der Waals surface area contributed by atoms with Crippen LogP contribution >= 0.6 is 11.6 Å². The fourth-order valence-electron chi connectivity index (χ4n) is 2.85. The Labute approximate surface area is 157 Å². The molecule has 8 heteroatoms. The largest absolute Gasteiger partial charge is 0.467 e. The number of ether oxygens (including phenoxy) is 1. The molecule has 0 spiro atoms. The van der Waals surface area contributed by atoms with Crippen molar-refractivity contribution in [2.45, 2.75) is 32.2 Å². The van der Waals surface area contributed by atoms with Crippen LogP contribution in [0.4, 0.5) is 5.95 Å². The molecule has 138 valence electrons. The first-order chi connectivity index (χ1) is 12.7. The summed E-state index contributed by atoms with van der Waals surface area (Å²) >= 11 is 6.10. The third-order valence-corrected chi connectivity index (χ3v) is 4.59. The number of carbonyl (C=O) groups excluding carboxylic acids is 1. The van der Waals surface area contributed by atoms with E-state index in [1.165, 1.54) is 13.5 Å². The van der Waals surface area contributed by atoms with Gasteiger partial charge in [0.1, 0.15) is 0 Å². The third-order valence-electron chi connectivity index (χ3n) is 4.22. The van der Waals surface area contributed by atoms with Gasteiger partial charge >= 0.3 is 6.01 Å². The number of anilines is 1. The summed E-state index contributed by atoms with van der Waals surface area (Å²) in [6, 6.07) is 7.56. The molecular weight excluding hydrogens is 354 g/mol. The van der Waals surface area contributed by atoms with Crippen molar-refractivity contribution in [1.82, 2.24) is 20.3 Å². The Kier molecular flexibility index (Phi) is 6.22. The second-order valence-electron chi connectivity index (χ2n) is 6.13. The highest BCUT2D eigenvalue weighted by atomic mass is 35.5. The number of piperidine rings is 1. The summed E-state index contributed by atoms with van der Waals surface area (Å²) < 4.78 is 5.19. The molecule has 0 bridgehead atoms. The van der Waals surface area contributed by atoms with Crippen molar-refractivity contribution < 1.29 is 9.53 Å². The summed E-state index contributed by atoms with van der Waals surface area (Å²) in [5.74, 6) is 0.939. The van der Waals surface area contributed by atoms with Crippen LogP contribution < -0.4 is 15.0 Å². The van der Waals surface area contributed by atoms with E-state index in [1.807, 2.05) is 18.2 Å². The zero-order chi connectivity index (χ0) is 18.4. The first-order valence-corrected chi connectivity index (χ1v) is 9.07. The number of aromatic nitrogens is 3. The second kappa shape index (κ2) is 8.80. The summed E-state index contributed by atoms with van der Waals surface area (Å²) in [5, 5.41) is 3.41. The van der Waals surface area contributed by atoms with E-state index in [-0.39, 0.29) is 24.9 Å². The molecule has 0 unspecified atom stereocenters. The van der Waals surface area contributed by atoms with Crippen molar-refractivity contribution in [3.8, 4) is 6.01 Å². The lowest BCUT2D eigenvalue weighted by atomic mass is 10.1. The summed E-state index contributed by atoms with van der Waals surface area (Å²) in [6.45, 7) is 2.06. The van der Waals surface area contributed by atoms with E-state index in [0.717, 1.165) is 31.5 Å². The monoisotopic (exact) mass is 375 g/mol. The quantitative estimate of drug-likeness (QED) is 0.835. The molecule has 0 saturated carbocycles. The molecule has 1 aliphatic heterocycles. The molecule has 1 fully saturated rings. The predicted octanol–water partition coefficient (Wildman–Crippen LogP) is 2.38. The van der Waals surface area contributed by atoms with E-state index in [9.17, 15) is 4.79 Å². The average Bonchev–Trinajstić information content (AvgIpc) is 2.68. The molecule has 1 N–H and O–H groups in total. The smallest absolute Gasteiger partial charge is 0.321 e. The van der Waals surface area contributed by atoms with Crippen molar-refractivity contribution in [1.29, 1.82) is 0 Å². The van der Waals surface area contributed by atoms with Gasteiger partial charge < -0.3 is 15.0 Å². The molecule has 1 saturated heterocycles. The fourth-order valence-corrected chi connectivity index (χ4v) is 3.05. The van der Waals surface area contributed by atoms with Gasteiger partial charge in [-0.2, -0.15) is 15.0 Å². The maximum atomic E-state index is 12.2. The number of carbonyl (C=O) groups is 1. The number of halogens is 1. The van der Waals surface area contributed by atoms with Gasteiger partial charge in [-0.15, -0.1) is 0 Å². The molecule has 26 heavy (non-hydrogen) atoms. The lowest BCUT2D eigenvalue weighted by Gasteiger charge is -2.26. The standard InChI is InChI=1S/C18H22ClN5O2/c1-26-18-22-15(21-17(23-18)24-9-5-2-6-10-24)12-20-16(25)11-13-7-3-4-8-14(13)19/h3-4,7-8H,2,5-6,9-12H2,1H3,(H,20,25). The van der Waals surface area contributed by atoms with E-state index >= 15 is 0 Å². The average molecular weight is 376 g/mol. The second-order valence-corrected chi connectivity index (χ2v) is 6.54. The maximum absolute atomic E-state index is 12.2. The number of hydrogen-bond acceptors (Lipinski definition) is 6.